The second kappa shape index (κ2) is 6.38. The van der Waals surface area contributed by atoms with Gasteiger partial charge in [-0.1, -0.05) is 0 Å². The van der Waals surface area contributed by atoms with E-state index in [1.807, 2.05) is 0 Å². The Morgan fingerprint density at radius 3 is 2.84 bits per heavy atom. The molecule has 1 aliphatic rings. The first kappa shape index (κ1) is 13.6. The van der Waals surface area contributed by atoms with Crippen LogP contribution in [0.25, 0.3) is 0 Å². The number of carbonyl (C=O) groups excluding carboxylic acids is 1. The Bertz CT molecular complexity index is 448. The topological polar surface area (TPSA) is 53.6 Å². The van der Waals surface area contributed by atoms with Crippen LogP contribution in [0.3, 0.4) is 0 Å². The highest BCUT2D eigenvalue weighted by Gasteiger charge is 2.16. The van der Waals surface area contributed by atoms with Crippen LogP contribution >= 0.6 is 0 Å². The van der Waals surface area contributed by atoms with Gasteiger partial charge in [-0.3, -0.25) is 0 Å². The summed E-state index contributed by atoms with van der Waals surface area (Å²) in [6.45, 7) is 5.08. The first-order chi connectivity index (χ1) is 9.20. The number of hydrogen-bond acceptors (Lipinski definition) is 3. The zero-order chi connectivity index (χ0) is 13.7. The summed E-state index contributed by atoms with van der Waals surface area (Å²) in [5, 5.41) is 5.85. The number of anilines is 1. The fraction of sp³-hybridized carbons (Fsp3) is 0.462. The van der Waals surface area contributed by atoms with Crippen molar-refractivity contribution in [2.75, 3.05) is 38.1 Å². The molecule has 0 spiro atoms. The molecule has 6 heteroatoms. The third-order valence-corrected chi connectivity index (χ3v) is 2.89. The summed E-state index contributed by atoms with van der Waals surface area (Å²) >= 11 is 0. The second-order valence-corrected chi connectivity index (χ2v) is 4.25. The second-order valence-electron chi connectivity index (χ2n) is 4.25. The van der Waals surface area contributed by atoms with Crippen LogP contribution in [0.2, 0.25) is 0 Å². The van der Waals surface area contributed by atoms with Gasteiger partial charge in [0, 0.05) is 37.9 Å². The van der Waals surface area contributed by atoms with Crippen LogP contribution in [0.4, 0.5) is 14.9 Å². The Kier molecular flexibility index (Phi) is 4.57. The fourth-order valence-electron chi connectivity index (χ4n) is 1.92. The minimum Gasteiger partial charge on any atom is -0.491 e. The summed E-state index contributed by atoms with van der Waals surface area (Å²) < 4.78 is 18.7. The molecule has 2 amide bonds. The van der Waals surface area contributed by atoms with E-state index >= 15 is 0 Å². The molecule has 104 valence electrons. The molecular formula is C13H18FN3O2. The zero-order valence-electron chi connectivity index (χ0n) is 10.9. The number of ether oxygens (including phenoxy) is 1. The zero-order valence-corrected chi connectivity index (χ0v) is 10.9. The van der Waals surface area contributed by atoms with Gasteiger partial charge in [-0.05, 0) is 19.1 Å². The van der Waals surface area contributed by atoms with Crippen LogP contribution < -0.4 is 15.4 Å². The van der Waals surface area contributed by atoms with E-state index in [0.29, 0.717) is 25.4 Å². The van der Waals surface area contributed by atoms with Crippen molar-refractivity contribution in [3.63, 3.8) is 0 Å². The summed E-state index contributed by atoms with van der Waals surface area (Å²) in [6, 6.07) is 4.22. The van der Waals surface area contributed by atoms with E-state index in [1.54, 1.807) is 17.9 Å². The van der Waals surface area contributed by atoms with Gasteiger partial charge in [0.15, 0.2) is 11.6 Å². The first-order valence-electron chi connectivity index (χ1n) is 6.39. The van der Waals surface area contributed by atoms with Gasteiger partial charge >= 0.3 is 6.03 Å². The number of hydrogen-bond donors (Lipinski definition) is 2. The lowest BCUT2D eigenvalue weighted by Crippen LogP contribution is -2.48. The maximum absolute atomic E-state index is 13.6. The molecule has 0 saturated carbocycles. The van der Waals surface area contributed by atoms with E-state index in [2.05, 4.69) is 10.6 Å². The summed E-state index contributed by atoms with van der Waals surface area (Å²) in [7, 11) is 0. The summed E-state index contributed by atoms with van der Waals surface area (Å²) in [5.74, 6) is -0.275. The van der Waals surface area contributed by atoms with Crippen LogP contribution in [-0.4, -0.2) is 43.7 Å². The van der Waals surface area contributed by atoms with E-state index in [0.717, 1.165) is 13.1 Å². The molecule has 1 aromatic carbocycles. The van der Waals surface area contributed by atoms with Gasteiger partial charge in [0.1, 0.15) is 0 Å². The predicted octanol–water partition coefficient (Wildman–Crippen LogP) is 1.66. The maximum Gasteiger partial charge on any atom is 0.321 e. The largest absolute Gasteiger partial charge is 0.491 e. The molecule has 0 radical (unpaired) electrons. The van der Waals surface area contributed by atoms with Gasteiger partial charge in [0.25, 0.3) is 0 Å². The third-order valence-electron chi connectivity index (χ3n) is 2.89. The van der Waals surface area contributed by atoms with Gasteiger partial charge in [-0.25, -0.2) is 9.18 Å². The van der Waals surface area contributed by atoms with E-state index in [9.17, 15) is 9.18 Å². The average Bonchev–Trinajstić information content (AvgIpc) is 2.43. The molecule has 1 aliphatic heterocycles. The molecule has 0 aromatic heterocycles. The molecule has 1 fully saturated rings. The van der Waals surface area contributed by atoms with Crippen molar-refractivity contribution in [1.29, 1.82) is 0 Å². The molecule has 0 unspecified atom stereocenters. The molecule has 1 heterocycles. The van der Waals surface area contributed by atoms with Crippen molar-refractivity contribution >= 4 is 11.7 Å². The van der Waals surface area contributed by atoms with Crippen LogP contribution in [0.15, 0.2) is 18.2 Å². The molecule has 0 bridgehead atoms. The van der Waals surface area contributed by atoms with Crippen LogP contribution in [0.5, 0.6) is 5.75 Å². The smallest absolute Gasteiger partial charge is 0.321 e. The number of halogens is 1. The predicted molar refractivity (Wildman–Crippen MR) is 71.0 cm³/mol. The highest BCUT2D eigenvalue weighted by Crippen LogP contribution is 2.21. The number of rotatable bonds is 3. The lowest BCUT2D eigenvalue weighted by atomic mass is 10.3. The minimum absolute atomic E-state index is 0.197. The summed E-state index contributed by atoms with van der Waals surface area (Å²) in [4.78, 5) is 13.6. The highest BCUT2D eigenvalue weighted by molar-refractivity contribution is 5.89. The Balaban J connectivity index is 1.98. The Labute approximate surface area is 111 Å². The summed E-state index contributed by atoms with van der Waals surface area (Å²) in [5.41, 5.74) is 0.435. The van der Waals surface area contributed by atoms with Gasteiger partial charge in [-0.15, -0.1) is 0 Å². The molecule has 2 N–H and O–H groups in total. The van der Waals surface area contributed by atoms with Crippen molar-refractivity contribution in [3.05, 3.63) is 24.0 Å². The normalized spacial score (nSPS) is 15.2. The van der Waals surface area contributed by atoms with E-state index < -0.39 is 5.82 Å². The molecule has 0 atom stereocenters. The molecular weight excluding hydrogens is 249 g/mol. The number of urea groups is 1. The number of benzene rings is 1. The lowest BCUT2D eigenvalue weighted by molar-refractivity contribution is 0.204. The maximum atomic E-state index is 13.6. The molecule has 1 aromatic rings. The van der Waals surface area contributed by atoms with E-state index in [-0.39, 0.29) is 11.8 Å². The average molecular weight is 267 g/mol. The highest BCUT2D eigenvalue weighted by atomic mass is 19.1. The van der Waals surface area contributed by atoms with Gasteiger partial charge < -0.3 is 20.3 Å². The minimum atomic E-state index is -0.472. The molecule has 0 aliphatic carbocycles. The van der Waals surface area contributed by atoms with Crippen LogP contribution in [-0.2, 0) is 0 Å². The van der Waals surface area contributed by atoms with Crippen LogP contribution in [0.1, 0.15) is 6.92 Å². The van der Waals surface area contributed by atoms with Crippen molar-refractivity contribution in [1.82, 2.24) is 10.2 Å². The van der Waals surface area contributed by atoms with Crippen molar-refractivity contribution < 1.29 is 13.9 Å². The van der Waals surface area contributed by atoms with E-state index in [1.165, 1.54) is 12.1 Å². The number of nitrogens with zero attached hydrogens (tertiary/aromatic N) is 1. The SMILES string of the molecule is CCOc1ccc(NC(=O)N2CCNCC2)cc1F. The summed E-state index contributed by atoms with van der Waals surface area (Å²) in [6.07, 6.45) is 0. The van der Waals surface area contributed by atoms with Crippen LogP contribution in [0, 0.1) is 5.82 Å². The number of nitrogens with one attached hydrogen (secondary N) is 2. The molecule has 5 nitrogen and oxygen atoms in total. The monoisotopic (exact) mass is 267 g/mol. The quantitative estimate of drug-likeness (QED) is 0.875. The molecule has 19 heavy (non-hydrogen) atoms. The Morgan fingerprint density at radius 2 is 2.21 bits per heavy atom. The van der Waals surface area contributed by atoms with Crippen molar-refractivity contribution in [3.8, 4) is 5.75 Å². The Morgan fingerprint density at radius 1 is 1.47 bits per heavy atom. The van der Waals surface area contributed by atoms with Crippen molar-refractivity contribution in [2.24, 2.45) is 0 Å². The number of carbonyl (C=O) groups is 1. The standard InChI is InChI=1S/C13H18FN3O2/c1-2-19-12-4-3-10(9-11(12)14)16-13(18)17-7-5-15-6-8-17/h3-4,9,15H,2,5-8H2,1H3,(H,16,18). The van der Waals surface area contributed by atoms with E-state index in [4.69, 9.17) is 4.74 Å². The van der Waals surface area contributed by atoms with Crippen molar-refractivity contribution in [2.45, 2.75) is 6.92 Å². The number of piperazine rings is 1. The molecule has 1 saturated heterocycles. The van der Waals surface area contributed by atoms with Gasteiger partial charge in [0.05, 0.1) is 6.61 Å². The molecule has 2 rings (SSSR count). The number of amides is 2. The third kappa shape index (κ3) is 3.57. The first-order valence-corrected chi connectivity index (χ1v) is 6.39. The van der Waals surface area contributed by atoms with Gasteiger partial charge in [0.2, 0.25) is 0 Å². The fourth-order valence-corrected chi connectivity index (χ4v) is 1.92. The lowest BCUT2D eigenvalue weighted by Gasteiger charge is -2.27. The Hall–Kier alpha value is -1.82. The van der Waals surface area contributed by atoms with Gasteiger partial charge in [-0.2, -0.15) is 0 Å².